The molecule has 7 nitrogen and oxygen atoms in total. The number of carbonyl (C=O) groups is 1. The zero-order valence-electron chi connectivity index (χ0n) is 19.0. The Morgan fingerprint density at radius 1 is 1.27 bits per heavy atom. The molecule has 0 radical (unpaired) electrons. The molecule has 1 aliphatic rings. The van der Waals surface area contributed by atoms with E-state index < -0.39 is 0 Å². The summed E-state index contributed by atoms with van der Waals surface area (Å²) in [5, 5.41) is 3.01. The van der Waals surface area contributed by atoms with Crippen molar-refractivity contribution in [3.05, 3.63) is 29.1 Å². The zero-order chi connectivity index (χ0) is 21.9. The number of carbonyl (C=O) groups excluding carboxylic acids is 1. The summed E-state index contributed by atoms with van der Waals surface area (Å²) in [5.74, 6) is 2.18. The van der Waals surface area contributed by atoms with Crippen LogP contribution in [0.2, 0.25) is 0 Å². The molecule has 0 saturated carbocycles. The van der Waals surface area contributed by atoms with E-state index in [9.17, 15) is 4.79 Å². The first-order valence-electron chi connectivity index (χ1n) is 10.7. The summed E-state index contributed by atoms with van der Waals surface area (Å²) < 4.78 is 5.86. The molecule has 7 heteroatoms. The highest BCUT2D eigenvalue weighted by atomic mass is 16.5. The predicted molar refractivity (Wildman–Crippen MR) is 119 cm³/mol. The van der Waals surface area contributed by atoms with Crippen molar-refractivity contribution < 1.29 is 9.53 Å². The molecule has 0 bridgehead atoms. The molecular formula is C23H33N5O2. The molecule has 0 unspecified atom stereocenters. The number of rotatable bonds is 7. The Kier molecular flexibility index (Phi) is 6.58. The van der Waals surface area contributed by atoms with Gasteiger partial charge in [0.2, 0.25) is 5.91 Å². The van der Waals surface area contributed by atoms with Gasteiger partial charge in [0.05, 0.1) is 13.2 Å². The molecule has 2 aromatic rings. The van der Waals surface area contributed by atoms with Crippen LogP contribution in [0.25, 0.3) is 11.5 Å². The summed E-state index contributed by atoms with van der Waals surface area (Å²) in [4.78, 5) is 28.6. The summed E-state index contributed by atoms with van der Waals surface area (Å²) in [5.41, 5.74) is 3.60. The fourth-order valence-electron chi connectivity index (χ4n) is 3.59. The number of pyridine rings is 1. The van der Waals surface area contributed by atoms with Crippen LogP contribution in [-0.2, 0) is 17.6 Å². The van der Waals surface area contributed by atoms with E-state index in [0.29, 0.717) is 18.1 Å². The standard InChI is InChI=1S/C23H33N5O2/c1-7-11-30-19-12-18(24-13-15(19)2)21-25-17-10-8-9-16(17)22(26-21)28(6)14-20(29)27-23(3,4)5/h12-13H,7-11,14H2,1-6H3,(H,27,29). The number of nitrogens with zero attached hydrogens (tertiary/aromatic N) is 4. The molecule has 0 atom stereocenters. The Labute approximate surface area is 179 Å². The van der Waals surface area contributed by atoms with Crippen molar-refractivity contribution in [1.82, 2.24) is 20.3 Å². The van der Waals surface area contributed by atoms with Crippen LogP contribution in [0, 0.1) is 6.92 Å². The molecule has 162 valence electrons. The lowest BCUT2D eigenvalue weighted by atomic mass is 10.1. The molecule has 1 N–H and O–H groups in total. The summed E-state index contributed by atoms with van der Waals surface area (Å²) >= 11 is 0. The first-order chi connectivity index (χ1) is 14.2. The quantitative estimate of drug-likeness (QED) is 0.751. The van der Waals surface area contributed by atoms with Crippen molar-refractivity contribution in [2.24, 2.45) is 0 Å². The van der Waals surface area contributed by atoms with Crippen LogP contribution in [0.3, 0.4) is 0 Å². The van der Waals surface area contributed by atoms with Crippen LogP contribution in [0.4, 0.5) is 5.82 Å². The van der Waals surface area contributed by atoms with Gasteiger partial charge in [-0.1, -0.05) is 6.92 Å². The van der Waals surface area contributed by atoms with E-state index in [4.69, 9.17) is 14.7 Å². The van der Waals surface area contributed by atoms with E-state index in [1.54, 1.807) is 6.20 Å². The van der Waals surface area contributed by atoms with Crippen LogP contribution < -0.4 is 15.0 Å². The van der Waals surface area contributed by atoms with Gasteiger partial charge >= 0.3 is 0 Å². The fourth-order valence-corrected chi connectivity index (χ4v) is 3.59. The number of ether oxygens (including phenoxy) is 1. The Morgan fingerprint density at radius 3 is 2.73 bits per heavy atom. The number of hydrogen-bond donors (Lipinski definition) is 1. The molecular weight excluding hydrogens is 378 g/mol. The van der Waals surface area contributed by atoms with Gasteiger partial charge in [-0.3, -0.25) is 9.78 Å². The average molecular weight is 412 g/mol. The molecule has 30 heavy (non-hydrogen) atoms. The van der Waals surface area contributed by atoms with E-state index in [0.717, 1.165) is 54.1 Å². The Morgan fingerprint density at radius 2 is 2.03 bits per heavy atom. The number of anilines is 1. The Bertz CT molecular complexity index is 921. The van der Waals surface area contributed by atoms with Crippen molar-refractivity contribution in [3.63, 3.8) is 0 Å². The molecule has 0 fully saturated rings. The van der Waals surface area contributed by atoms with E-state index >= 15 is 0 Å². The van der Waals surface area contributed by atoms with Gasteiger partial charge in [-0.2, -0.15) is 0 Å². The minimum atomic E-state index is -0.266. The molecule has 0 aromatic carbocycles. The maximum atomic E-state index is 12.5. The zero-order valence-corrected chi connectivity index (χ0v) is 19.0. The lowest BCUT2D eigenvalue weighted by Gasteiger charge is -2.25. The highest BCUT2D eigenvalue weighted by molar-refractivity contribution is 5.82. The average Bonchev–Trinajstić information content (AvgIpc) is 3.13. The Hall–Kier alpha value is -2.70. The number of amides is 1. The van der Waals surface area contributed by atoms with Crippen molar-refractivity contribution in [2.75, 3.05) is 25.1 Å². The summed E-state index contributed by atoms with van der Waals surface area (Å²) in [7, 11) is 1.91. The summed E-state index contributed by atoms with van der Waals surface area (Å²) in [6, 6.07) is 1.91. The lowest BCUT2D eigenvalue weighted by Crippen LogP contribution is -2.45. The monoisotopic (exact) mass is 411 g/mol. The minimum Gasteiger partial charge on any atom is -0.493 e. The normalized spacial score (nSPS) is 13.1. The maximum absolute atomic E-state index is 12.5. The van der Waals surface area contributed by atoms with Gasteiger partial charge in [0.1, 0.15) is 17.3 Å². The van der Waals surface area contributed by atoms with E-state index in [2.05, 4.69) is 17.2 Å². The third-order valence-corrected chi connectivity index (χ3v) is 4.91. The highest BCUT2D eigenvalue weighted by Crippen LogP contribution is 2.31. The number of hydrogen-bond acceptors (Lipinski definition) is 6. The van der Waals surface area contributed by atoms with Crippen LogP contribution in [0.5, 0.6) is 5.75 Å². The fraction of sp³-hybridized carbons (Fsp3) is 0.565. The van der Waals surface area contributed by atoms with E-state index in [-0.39, 0.29) is 18.0 Å². The van der Waals surface area contributed by atoms with E-state index in [1.807, 2.05) is 45.7 Å². The van der Waals surface area contributed by atoms with Gasteiger partial charge in [-0.15, -0.1) is 0 Å². The van der Waals surface area contributed by atoms with Gasteiger partial charge in [-0.05, 0) is 53.4 Å². The molecule has 0 spiro atoms. The molecule has 3 rings (SSSR count). The van der Waals surface area contributed by atoms with Crippen molar-refractivity contribution in [2.45, 2.75) is 65.8 Å². The Balaban J connectivity index is 1.92. The second kappa shape index (κ2) is 8.98. The van der Waals surface area contributed by atoms with E-state index in [1.165, 1.54) is 0 Å². The SMILES string of the molecule is CCCOc1cc(-c2nc3c(c(N(C)CC(=O)NC(C)(C)C)n2)CCC3)ncc1C. The smallest absolute Gasteiger partial charge is 0.239 e. The number of aryl methyl sites for hydroxylation is 2. The lowest BCUT2D eigenvalue weighted by molar-refractivity contribution is -0.121. The van der Waals surface area contributed by atoms with Gasteiger partial charge in [0.25, 0.3) is 0 Å². The number of likely N-dealkylation sites (N-methyl/N-ethyl adjacent to an activating group) is 1. The van der Waals surface area contributed by atoms with Crippen molar-refractivity contribution in [3.8, 4) is 17.3 Å². The first kappa shape index (κ1) is 22.0. The summed E-state index contributed by atoms with van der Waals surface area (Å²) in [6.45, 7) is 10.9. The number of nitrogens with one attached hydrogen (secondary N) is 1. The molecule has 1 aliphatic carbocycles. The van der Waals surface area contributed by atoms with Crippen molar-refractivity contribution >= 4 is 11.7 Å². The number of fused-ring (bicyclic) bond motifs is 1. The second-order valence-electron chi connectivity index (χ2n) is 8.99. The third kappa shape index (κ3) is 5.26. The topological polar surface area (TPSA) is 80.2 Å². The van der Waals surface area contributed by atoms with Crippen LogP contribution >= 0.6 is 0 Å². The highest BCUT2D eigenvalue weighted by Gasteiger charge is 2.24. The van der Waals surface area contributed by atoms with Crippen molar-refractivity contribution in [1.29, 1.82) is 0 Å². The molecule has 2 aromatic heterocycles. The maximum Gasteiger partial charge on any atom is 0.239 e. The molecule has 0 aliphatic heterocycles. The van der Waals surface area contributed by atoms with Crippen LogP contribution in [0.15, 0.2) is 12.3 Å². The number of aromatic nitrogens is 3. The molecule has 2 heterocycles. The second-order valence-corrected chi connectivity index (χ2v) is 8.99. The van der Waals surface area contributed by atoms with Crippen LogP contribution in [-0.4, -0.2) is 46.6 Å². The largest absolute Gasteiger partial charge is 0.493 e. The summed E-state index contributed by atoms with van der Waals surface area (Å²) in [6.07, 6.45) is 5.65. The molecule has 1 amide bonds. The van der Waals surface area contributed by atoms with Gasteiger partial charge in [0, 0.05) is 41.7 Å². The first-order valence-corrected chi connectivity index (χ1v) is 10.7. The molecule has 0 saturated heterocycles. The van der Waals surface area contributed by atoms with Crippen LogP contribution in [0.1, 0.15) is 57.4 Å². The van der Waals surface area contributed by atoms with Gasteiger partial charge < -0.3 is 15.0 Å². The predicted octanol–water partition coefficient (Wildman–Crippen LogP) is 3.48. The van der Waals surface area contributed by atoms with Gasteiger partial charge in [-0.25, -0.2) is 9.97 Å². The van der Waals surface area contributed by atoms with Gasteiger partial charge in [0.15, 0.2) is 5.82 Å². The minimum absolute atomic E-state index is 0.0272. The third-order valence-electron chi connectivity index (χ3n) is 4.91.